The first-order valence-electron chi connectivity index (χ1n) is 16.2. The second kappa shape index (κ2) is 15.5. The van der Waals surface area contributed by atoms with Gasteiger partial charge in [-0.3, -0.25) is 4.79 Å². The van der Waals surface area contributed by atoms with E-state index in [1.807, 2.05) is 41.5 Å². The maximum absolute atomic E-state index is 12.2. The number of aliphatic hydroxyl groups excluding tert-OH is 1. The molecule has 4 aromatic rings. The molecule has 1 heterocycles. The number of hydrogen-bond donors (Lipinski definition) is 1. The monoisotopic (exact) mass is 848 g/mol. The van der Waals surface area contributed by atoms with Crippen LogP contribution in [0.2, 0.25) is 17.3 Å². The predicted octanol–water partition coefficient (Wildman–Crippen LogP) is 10.4. The quantitative estimate of drug-likeness (QED) is 0.0599. The Kier molecular flexibility index (Phi) is 13.4. The van der Waals surface area contributed by atoms with Gasteiger partial charge < -0.3 is 5.11 Å². The van der Waals surface area contributed by atoms with Crippen LogP contribution >= 0.6 is 0 Å². The van der Waals surface area contributed by atoms with Crippen LogP contribution in [0.5, 0.6) is 0 Å². The van der Waals surface area contributed by atoms with Crippen molar-refractivity contribution >= 4 is 45.1 Å². The summed E-state index contributed by atoms with van der Waals surface area (Å²) in [4.78, 5) is 21.5. The number of rotatable bonds is 9. The number of ketones is 1. The van der Waals surface area contributed by atoms with E-state index >= 15 is 0 Å². The summed E-state index contributed by atoms with van der Waals surface area (Å²) in [6, 6.07) is 16.9. The van der Waals surface area contributed by atoms with Gasteiger partial charge in [0.05, 0.1) is 0 Å². The number of aromatic nitrogens is 2. The number of carbonyl (C=O) groups is 1. The summed E-state index contributed by atoms with van der Waals surface area (Å²) in [6.45, 7) is 18.5. The van der Waals surface area contributed by atoms with E-state index in [1.54, 1.807) is 6.33 Å². The molecule has 1 aromatic heterocycles. The van der Waals surface area contributed by atoms with Crippen LogP contribution < -0.4 is 4.40 Å². The van der Waals surface area contributed by atoms with Crippen LogP contribution in [0.4, 0.5) is 0 Å². The van der Waals surface area contributed by atoms with Gasteiger partial charge >= 0.3 is 164 Å². The van der Waals surface area contributed by atoms with Crippen molar-refractivity contribution in [2.45, 2.75) is 105 Å². The molecule has 0 atom stereocenters. The summed E-state index contributed by atoms with van der Waals surface area (Å²) >= 11 is -1.88. The Morgan fingerprint density at radius 2 is 1.49 bits per heavy atom. The van der Waals surface area contributed by atoms with E-state index in [-0.39, 0.29) is 42.5 Å². The van der Waals surface area contributed by atoms with Gasteiger partial charge in [-0.15, -0.1) is 0 Å². The molecule has 45 heavy (non-hydrogen) atoms. The van der Waals surface area contributed by atoms with Crippen LogP contribution in [-0.2, 0) is 24.9 Å². The molecule has 245 valence electrons. The SMILES string of the molecule is CCC(C)(CC)C(=O)/C=C(\O)C(C)(CC)CC.Cc1[c-]c(-c2ncnc3c2ccc2c[c]([Ge]([CH3])([CH3])[CH3])cc(C)c23)cc(C)c1.[Ir]. The number of allylic oxidation sites excluding steroid dienone is 2. The van der Waals surface area contributed by atoms with E-state index in [9.17, 15) is 9.90 Å². The van der Waals surface area contributed by atoms with Gasteiger partial charge in [0.1, 0.15) is 5.76 Å². The molecular weight excluding hydrogens is 793 g/mol. The average Bonchev–Trinajstić information content (AvgIpc) is 2.98. The summed E-state index contributed by atoms with van der Waals surface area (Å²) in [5, 5.41) is 13.8. The summed E-state index contributed by atoms with van der Waals surface area (Å²) in [6.07, 6.45) is 6.45. The summed E-state index contributed by atoms with van der Waals surface area (Å²) in [5.41, 5.74) is 6.11. The van der Waals surface area contributed by atoms with Crippen LogP contribution in [0.3, 0.4) is 0 Å². The molecule has 1 radical (unpaired) electrons. The molecule has 0 fully saturated rings. The van der Waals surface area contributed by atoms with Crippen molar-refractivity contribution in [3.05, 3.63) is 77.3 Å². The molecule has 6 heteroatoms. The molecule has 0 aliphatic rings. The number of fused-ring (bicyclic) bond motifs is 3. The molecule has 0 saturated heterocycles. The fourth-order valence-corrected chi connectivity index (χ4v) is 8.15. The van der Waals surface area contributed by atoms with Crippen LogP contribution in [0.1, 0.15) is 83.9 Å². The zero-order valence-electron chi connectivity index (χ0n) is 29.5. The fraction of sp³-hybridized carbons (Fsp3) is 0.462. The van der Waals surface area contributed by atoms with E-state index in [1.165, 1.54) is 32.4 Å². The second-order valence-electron chi connectivity index (χ2n) is 14.0. The second-order valence-corrected chi connectivity index (χ2v) is 24.7. The number of benzene rings is 3. The van der Waals surface area contributed by atoms with Crippen molar-refractivity contribution in [3.63, 3.8) is 0 Å². The fourth-order valence-electron chi connectivity index (χ4n) is 5.55. The van der Waals surface area contributed by atoms with Crippen LogP contribution in [0, 0.1) is 37.7 Å². The first-order chi connectivity index (χ1) is 20.5. The van der Waals surface area contributed by atoms with Crippen molar-refractivity contribution in [1.82, 2.24) is 9.97 Å². The Morgan fingerprint density at radius 3 is 2.02 bits per heavy atom. The van der Waals surface area contributed by atoms with Crippen molar-refractivity contribution in [1.29, 1.82) is 0 Å². The average molecular weight is 847 g/mol. The topological polar surface area (TPSA) is 63.1 Å². The van der Waals surface area contributed by atoms with Gasteiger partial charge in [0.2, 0.25) is 0 Å². The van der Waals surface area contributed by atoms with Crippen LogP contribution in [0.15, 0.2) is 54.6 Å². The molecule has 0 aliphatic carbocycles. The summed E-state index contributed by atoms with van der Waals surface area (Å²) in [5.74, 6) is 7.61. The molecule has 3 aromatic carbocycles. The molecule has 0 unspecified atom stereocenters. The number of nitrogens with zero attached hydrogens (tertiary/aromatic N) is 2. The van der Waals surface area contributed by atoms with Crippen molar-refractivity contribution in [2.24, 2.45) is 10.8 Å². The Labute approximate surface area is 288 Å². The largest absolute Gasteiger partial charge is 0 e. The van der Waals surface area contributed by atoms with E-state index < -0.39 is 13.3 Å². The van der Waals surface area contributed by atoms with Crippen molar-refractivity contribution in [3.8, 4) is 11.3 Å². The molecule has 4 nitrogen and oxygen atoms in total. The summed E-state index contributed by atoms with van der Waals surface area (Å²) < 4.78 is 1.54. The van der Waals surface area contributed by atoms with Gasteiger partial charge in [-0.05, 0) is 25.7 Å². The number of carbonyl (C=O) groups excluding carboxylic acids is 1. The molecule has 0 spiro atoms. The van der Waals surface area contributed by atoms with Gasteiger partial charge in [0.15, 0.2) is 5.78 Å². The van der Waals surface area contributed by atoms with E-state index in [0.29, 0.717) is 0 Å². The number of aryl methyl sites for hydroxylation is 3. The van der Waals surface area contributed by atoms with Gasteiger partial charge in [-0.25, -0.2) is 0 Å². The minimum absolute atomic E-state index is 0. The third-order valence-electron chi connectivity index (χ3n) is 9.79. The third kappa shape index (κ3) is 8.73. The molecule has 0 amide bonds. The zero-order chi connectivity index (χ0) is 33.0. The Bertz CT molecular complexity index is 1660. The minimum Gasteiger partial charge on any atom is 0 e. The number of hydrogen-bond acceptors (Lipinski definition) is 4. The van der Waals surface area contributed by atoms with Gasteiger partial charge in [0, 0.05) is 37.0 Å². The minimum atomic E-state index is -1.88. The van der Waals surface area contributed by atoms with Crippen molar-refractivity contribution in [2.75, 3.05) is 0 Å². The third-order valence-corrected chi connectivity index (χ3v) is 14.0. The Morgan fingerprint density at radius 1 is 0.889 bits per heavy atom. The summed E-state index contributed by atoms with van der Waals surface area (Å²) in [7, 11) is 0. The van der Waals surface area contributed by atoms with Gasteiger partial charge in [-0.2, -0.15) is 0 Å². The van der Waals surface area contributed by atoms with Gasteiger partial charge in [-0.1, -0.05) is 41.5 Å². The molecule has 4 rings (SSSR count). The Balaban J connectivity index is 0.000000343. The molecule has 1 N–H and O–H groups in total. The molecular formula is C39H53GeIrN2O2-. The first kappa shape index (κ1) is 38.8. The van der Waals surface area contributed by atoms with Crippen LogP contribution in [0.25, 0.3) is 32.9 Å². The Hall–Kier alpha value is -2.34. The molecule has 0 bridgehead atoms. The van der Waals surface area contributed by atoms with Gasteiger partial charge in [0.25, 0.3) is 0 Å². The van der Waals surface area contributed by atoms with E-state index in [0.717, 1.165) is 53.4 Å². The smallest absolute Gasteiger partial charge is 0 e. The maximum atomic E-state index is 12.2. The number of aliphatic hydroxyl groups is 1. The maximum Gasteiger partial charge on any atom is 0 e. The zero-order valence-corrected chi connectivity index (χ0v) is 34.0. The van der Waals surface area contributed by atoms with Crippen molar-refractivity contribution < 1.29 is 30.0 Å². The van der Waals surface area contributed by atoms with Crippen LogP contribution in [-0.4, -0.2) is 34.1 Å². The normalized spacial score (nSPS) is 12.5. The predicted molar refractivity (Wildman–Crippen MR) is 192 cm³/mol. The molecule has 0 saturated carbocycles. The van der Waals surface area contributed by atoms with E-state index in [4.69, 9.17) is 0 Å². The molecule has 0 aliphatic heterocycles. The van der Waals surface area contributed by atoms with E-state index in [2.05, 4.69) is 90.5 Å². The first-order valence-corrected chi connectivity index (χ1v) is 23.5. The standard InChI is InChI=1S/C24H25GeN2.C15H28O2.Ir/c1-15-9-16(2)11-19(10-15)23-21-8-7-18-13-20(25(4,5)6)12-17(3)22(18)24(21)27-14-26-23;1-7-14(5,8-2)12(16)11-13(17)15(6,9-3)10-4;/h7-10,12-14H,1-6H3;11,16H,7-10H2,1-6H3;/q-1;;/b;12-11-;.